The van der Waals surface area contributed by atoms with Crippen molar-refractivity contribution >= 4 is 52.4 Å². The third kappa shape index (κ3) is 4.54. The summed E-state index contributed by atoms with van der Waals surface area (Å²) >= 11 is 5.29. The molecule has 0 bridgehead atoms. The summed E-state index contributed by atoms with van der Waals surface area (Å²) in [6.07, 6.45) is -9.18. The lowest BCUT2D eigenvalue weighted by Gasteiger charge is -2.28. The zero-order valence-corrected chi connectivity index (χ0v) is 22.2. The highest BCUT2D eigenvalue weighted by atomic mass is 32.5. The standard InChI is InChI=1S/C19H22F2N11O7PS/c20-7-5(1-33)38-18(32-15-10(29-30-32)16(35)28-19(23)27-15)12(7)40(36,41)37-2-6-11(34)8(21)17(39-6)31-4-26-9-13(22)24-3-25-14(9)31/h3-8,11-12,17-18,33-34H,1-2H2,(H,36,41)(H2,22,24,25)(H3,23,27,28,35)/t5-,6?,7-,8+,11-,12-,17-,18-,40?/m1/s1. The minimum atomic E-state index is -4.25. The number of hydrogen-bond acceptors (Lipinski definition) is 15. The summed E-state index contributed by atoms with van der Waals surface area (Å²) in [5.74, 6) is -0.236. The number of aliphatic hydroxyl groups is 2. The van der Waals surface area contributed by atoms with E-state index in [1.165, 1.54) is 10.9 Å². The largest absolute Gasteiger partial charge is 0.394 e. The van der Waals surface area contributed by atoms with Gasteiger partial charge in [-0.05, 0) is 11.8 Å². The van der Waals surface area contributed by atoms with Crippen LogP contribution in [0.3, 0.4) is 0 Å². The van der Waals surface area contributed by atoms with E-state index in [9.17, 15) is 19.9 Å². The van der Waals surface area contributed by atoms with Gasteiger partial charge in [0, 0.05) is 0 Å². The van der Waals surface area contributed by atoms with E-state index < -0.39 is 74.0 Å². The number of aromatic nitrogens is 9. The van der Waals surface area contributed by atoms with E-state index in [1.54, 1.807) is 0 Å². The fraction of sp³-hybridized carbons (Fsp3) is 0.526. The lowest BCUT2D eigenvalue weighted by atomic mass is 10.1. The molecular weight excluding hydrogens is 595 g/mol. The van der Waals surface area contributed by atoms with E-state index in [-0.39, 0.29) is 34.1 Å². The molecule has 9 atom stereocenters. The van der Waals surface area contributed by atoms with Gasteiger partial charge in [-0.1, -0.05) is 5.21 Å². The van der Waals surface area contributed by atoms with Crippen molar-refractivity contribution in [1.82, 2.24) is 44.5 Å². The van der Waals surface area contributed by atoms with Gasteiger partial charge in [-0.2, -0.15) is 9.67 Å². The SMILES string of the molecule is Nc1nc2c(nnn2[C@@H]2O[C@H](CO)[C@@H](F)[C@H]2P(O)(=S)OCC2O[C@@H](n3cnc4c(N)ncnc43)[C@@H](F)[C@@H]2O)c(=O)[nH]1. The normalized spacial score (nSPS) is 31.7. The first kappa shape index (κ1) is 27.8. The van der Waals surface area contributed by atoms with Crippen LogP contribution in [-0.4, -0.2) is 109 Å². The highest BCUT2D eigenvalue weighted by molar-refractivity contribution is 8.09. The quantitative estimate of drug-likeness (QED) is 0.123. The molecule has 0 aromatic carbocycles. The number of hydrogen-bond donors (Lipinski definition) is 6. The topological polar surface area (TPSA) is 260 Å². The fourth-order valence-corrected chi connectivity index (χ4v) is 7.26. The van der Waals surface area contributed by atoms with Crippen LogP contribution in [0.25, 0.3) is 22.3 Å². The van der Waals surface area contributed by atoms with Crippen LogP contribution < -0.4 is 17.0 Å². The van der Waals surface area contributed by atoms with Crippen LogP contribution in [0.1, 0.15) is 12.5 Å². The van der Waals surface area contributed by atoms with Gasteiger partial charge >= 0.3 is 0 Å². The number of anilines is 2. The van der Waals surface area contributed by atoms with Gasteiger partial charge in [-0.15, -0.1) is 5.10 Å². The molecule has 220 valence electrons. The number of aromatic amines is 1. The number of nitrogens with two attached hydrogens (primary N) is 2. The Morgan fingerprint density at radius 3 is 2.63 bits per heavy atom. The molecule has 18 nitrogen and oxygen atoms in total. The van der Waals surface area contributed by atoms with E-state index in [2.05, 4.69) is 35.2 Å². The highest BCUT2D eigenvalue weighted by Crippen LogP contribution is 2.58. The number of imidazole rings is 1. The second-order valence-corrected chi connectivity index (χ2v) is 12.8. The van der Waals surface area contributed by atoms with Gasteiger partial charge in [-0.3, -0.25) is 14.3 Å². The number of aliphatic hydroxyl groups excluding tert-OH is 2. The predicted octanol–water partition coefficient (Wildman–Crippen LogP) is -1.97. The van der Waals surface area contributed by atoms with Crippen molar-refractivity contribution in [3.8, 4) is 0 Å². The number of alkyl halides is 2. The van der Waals surface area contributed by atoms with Crippen LogP contribution in [-0.2, 0) is 25.8 Å². The molecule has 2 aliphatic rings. The number of fused-ring (bicyclic) bond motifs is 2. The Morgan fingerprint density at radius 2 is 1.88 bits per heavy atom. The summed E-state index contributed by atoms with van der Waals surface area (Å²) in [5.41, 5.74) is 8.90. The van der Waals surface area contributed by atoms with Crippen molar-refractivity contribution < 1.29 is 37.9 Å². The molecule has 6 rings (SSSR count). The molecule has 2 fully saturated rings. The average molecular weight is 617 g/mol. The first-order valence-corrected chi connectivity index (χ1v) is 14.6. The molecule has 0 amide bonds. The van der Waals surface area contributed by atoms with E-state index in [4.69, 9.17) is 37.3 Å². The maximum absolute atomic E-state index is 15.5. The van der Waals surface area contributed by atoms with Crippen LogP contribution in [0.2, 0.25) is 0 Å². The van der Waals surface area contributed by atoms with Crippen LogP contribution in [0, 0.1) is 0 Å². The van der Waals surface area contributed by atoms with Gasteiger partial charge in [0.1, 0.15) is 42.0 Å². The number of ether oxygens (including phenoxy) is 2. The van der Waals surface area contributed by atoms with Gasteiger partial charge in [0.15, 0.2) is 47.7 Å². The molecule has 4 aromatic rings. The number of nitrogens with zero attached hydrogens (tertiary/aromatic N) is 8. The first-order chi connectivity index (χ1) is 19.5. The molecule has 0 aliphatic carbocycles. The maximum Gasteiger partial charge on any atom is 0.282 e. The molecule has 8 N–H and O–H groups in total. The Bertz CT molecular complexity index is 1720. The molecular formula is C19H22F2N11O7PS. The van der Waals surface area contributed by atoms with E-state index in [0.717, 1.165) is 11.0 Å². The van der Waals surface area contributed by atoms with Gasteiger partial charge in [-0.25, -0.2) is 23.7 Å². The molecule has 2 aliphatic heterocycles. The summed E-state index contributed by atoms with van der Waals surface area (Å²) in [6, 6.07) is 0. The lowest BCUT2D eigenvalue weighted by molar-refractivity contribution is -0.0435. The second-order valence-electron chi connectivity index (χ2n) is 9.28. The fourth-order valence-electron chi connectivity index (χ4n) is 4.82. The number of H-pyrrole nitrogens is 1. The van der Waals surface area contributed by atoms with Crippen molar-refractivity contribution in [1.29, 1.82) is 0 Å². The molecule has 4 aromatic heterocycles. The molecule has 0 saturated carbocycles. The Balaban J connectivity index is 1.25. The van der Waals surface area contributed by atoms with Crippen molar-refractivity contribution in [2.45, 2.75) is 48.8 Å². The molecule has 2 saturated heterocycles. The summed E-state index contributed by atoms with van der Waals surface area (Å²) in [5, 5.41) is 27.7. The summed E-state index contributed by atoms with van der Waals surface area (Å²) in [6.45, 7) is -5.70. The number of halogens is 2. The Hall–Kier alpha value is -3.30. The third-order valence-corrected chi connectivity index (χ3v) is 9.68. The number of nitrogens with one attached hydrogen (secondary N) is 1. The maximum atomic E-state index is 15.5. The zero-order chi connectivity index (χ0) is 29.2. The minimum absolute atomic E-state index is 0.0570. The van der Waals surface area contributed by atoms with Gasteiger partial charge in [0.05, 0.1) is 19.5 Å². The Morgan fingerprint density at radius 1 is 1.12 bits per heavy atom. The van der Waals surface area contributed by atoms with Gasteiger partial charge in [0.25, 0.3) is 5.56 Å². The van der Waals surface area contributed by atoms with Crippen LogP contribution >= 0.6 is 6.49 Å². The van der Waals surface area contributed by atoms with Crippen molar-refractivity contribution in [2.24, 2.45) is 0 Å². The molecule has 22 heteroatoms. The van der Waals surface area contributed by atoms with Crippen LogP contribution in [0.5, 0.6) is 0 Å². The molecule has 41 heavy (non-hydrogen) atoms. The smallest absolute Gasteiger partial charge is 0.282 e. The highest BCUT2D eigenvalue weighted by Gasteiger charge is 2.55. The molecule has 0 spiro atoms. The minimum Gasteiger partial charge on any atom is -0.394 e. The van der Waals surface area contributed by atoms with Crippen molar-refractivity contribution in [3.05, 3.63) is 23.0 Å². The number of rotatable bonds is 7. The predicted molar refractivity (Wildman–Crippen MR) is 137 cm³/mol. The van der Waals surface area contributed by atoms with Crippen molar-refractivity contribution in [3.63, 3.8) is 0 Å². The zero-order valence-electron chi connectivity index (χ0n) is 20.5. The Kier molecular flexibility index (Phi) is 6.93. The van der Waals surface area contributed by atoms with Gasteiger partial charge in [0.2, 0.25) is 5.95 Å². The van der Waals surface area contributed by atoms with Crippen LogP contribution in [0.15, 0.2) is 17.4 Å². The second kappa shape index (κ2) is 10.2. The molecule has 6 heterocycles. The van der Waals surface area contributed by atoms with Crippen molar-refractivity contribution in [2.75, 3.05) is 24.7 Å². The summed E-state index contributed by atoms with van der Waals surface area (Å²) < 4.78 is 49.5. The monoisotopic (exact) mass is 617 g/mol. The lowest BCUT2D eigenvalue weighted by Crippen LogP contribution is -2.34. The third-order valence-electron chi connectivity index (χ3n) is 6.82. The first-order valence-electron chi connectivity index (χ1n) is 11.9. The summed E-state index contributed by atoms with van der Waals surface area (Å²) in [7, 11) is 0. The Labute approximate surface area is 231 Å². The van der Waals surface area contributed by atoms with E-state index in [1.807, 2.05) is 0 Å². The number of nitrogen functional groups attached to an aromatic ring is 2. The van der Waals surface area contributed by atoms with E-state index >= 15 is 8.78 Å². The van der Waals surface area contributed by atoms with E-state index in [0.29, 0.717) is 0 Å². The van der Waals surface area contributed by atoms with Gasteiger partial charge < -0.3 is 40.6 Å². The molecule has 0 radical (unpaired) electrons. The molecule has 2 unspecified atom stereocenters. The average Bonchev–Trinajstić information content (AvgIpc) is 3.68. The summed E-state index contributed by atoms with van der Waals surface area (Å²) in [4.78, 5) is 41.5. The van der Waals surface area contributed by atoms with Crippen LogP contribution in [0.4, 0.5) is 20.5 Å².